The molecular weight excluding hydrogens is 258 g/mol. The molecule has 0 atom stereocenters. The zero-order valence-electron chi connectivity index (χ0n) is 11.6. The number of nitrogens with zero attached hydrogens (tertiary/aromatic N) is 1. The van der Waals surface area contributed by atoms with Gasteiger partial charge in [-0.3, -0.25) is 0 Å². The van der Waals surface area contributed by atoms with Crippen molar-refractivity contribution < 1.29 is 19.1 Å². The monoisotopic (exact) mass is 275 g/mol. The number of carbonyl (C=O) groups is 2. The van der Waals surface area contributed by atoms with E-state index in [0.717, 1.165) is 0 Å². The average molecular weight is 275 g/mol. The van der Waals surface area contributed by atoms with Gasteiger partial charge in [0.05, 0.1) is 30.9 Å². The Bertz CT molecular complexity index is 493. The lowest BCUT2D eigenvalue weighted by Gasteiger charge is -2.07. The lowest BCUT2D eigenvalue weighted by Crippen LogP contribution is -2.10. The number of hydrogen-bond donors (Lipinski definition) is 0. The highest BCUT2D eigenvalue weighted by atomic mass is 16.5. The molecule has 1 aromatic carbocycles. The molecule has 0 saturated carbocycles. The van der Waals surface area contributed by atoms with E-state index in [1.165, 1.54) is 18.2 Å². The van der Waals surface area contributed by atoms with Gasteiger partial charge in [0.15, 0.2) is 5.69 Å². The second kappa shape index (κ2) is 7.95. The lowest BCUT2D eigenvalue weighted by atomic mass is 10.1. The van der Waals surface area contributed by atoms with Crippen molar-refractivity contribution in [3.05, 3.63) is 40.7 Å². The third-order valence-electron chi connectivity index (χ3n) is 2.39. The first kappa shape index (κ1) is 15.7. The first-order valence-electron chi connectivity index (χ1n) is 6.49. The van der Waals surface area contributed by atoms with Gasteiger partial charge in [0.25, 0.3) is 0 Å². The Balaban J connectivity index is 2.99. The molecule has 0 aliphatic carbocycles. The third-order valence-corrected chi connectivity index (χ3v) is 2.39. The molecule has 0 N–H and O–H groups in total. The highest BCUT2D eigenvalue weighted by Crippen LogP contribution is 2.19. The van der Waals surface area contributed by atoms with E-state index in [0.29, 0.717) is 26.1 Å². The summed E-state index contributed by atoms with van der Waals surface area (Å²) in [5, 5.41) is 0. The molecule has 0 aliphatic rings. The largest absolute Gasteiger partial charge is 0.462 e. The van der Waals surface area contributed by atoms with Gasteiger partial charge in [-0.25, -0.2) is 14.4 Å². The van der Waals surface area contributed by atoms with Crippen molar-refractivity contribution in [3.63, 3.8) is 0 Å². The molecule has 0 aromatic heterocycles. The molecule has 0 bridgehead atoms. The second-order valence-corrected chi connectivity index (χ2v) is 4.15. The second-order valence-electron chi connectivity index (χ2n) is 4.15. The Morgan fingerprint density at radius 2 is 1.45 bits per heavy atom. The van der Waals surface area contributed by atoms with Crippen LogP contribution in [0.5, 0.6) is 0 Å². The summed E-state index contributed by atoms with van der Waals surface area (Å²) in [6.45, 7) is 11.4. The van der Waals surface area contributed by atoms with Crippen LogP contribution in [-0.4, -0.2) is 25.2 Å². The van der Waals surface area contributed by atoms with Crippen LogP contribution in [0.3, 0.4) is 0 Å². The molecule has 0 amide bonds. The Kier molecular flexibility index (Phi) is 6.24. The van der Waals surface area contributed by atoms with Crippen LogP contribution in [0, 0.1) is 6.57 Å². The molecule has 0 heterocycles. The molecular formula is C15H17NO4. The van der Waals surface area contributed by atoms with Gasteiger partial charge in [-0.1, -0.05) is 13.8 Å². The predicted octanol–water partition coefficient (Wildman–Crippen LogP) is 3.37. The Hall–Kier alpha value is -2.35. The van der Waals surface area contributed by atoms with Gasteiger partial charge in [0.2, 0.25) is 0 Å². The van der Waals surface area contributed by atoms with E-state index >= 15 is 0 Å². The molecule has 0 spiro atoms. The number of carbonyl (C=O) groups excluding carboxylic acids is 2. The number of benzene rings is 1. The van der Waals surface area contributed by atoms with Crippen LogP contribution < -0.4 is 0 Å². The standard InChI is InChI=1S/C15H17NO4/c1-4-6-19-14(17)11-8-12(10-13(9-11)16-3)15(18)20-7-5-2/h8-10H,4-7H2,1-2H3. The molecule has 0 unspecified atom stereocenters. The van der Waals surface area contributed by atoms with Gasteiger partial charge in [-0.05, 0) is 31.0 Å². The molecule has 0 radical (unpaired) electrons. The Labute approximate surface area is 118 Å². The maximum absolute atomic E-state index is 11.8. The summed E-state index contributed by atoms with van der Waals surface area (Å²) in [5.41, 5.74) is 0.588. The van der Waals surface area contributed by atoms with E-state index in [1.54, 1.807) is 0 Å². The first-order valence-corrected chi connectivity index (χ1v) is 6.49. The third kappa shape index (κ3) is 4.39. The van der Waals surface area contributed by atoms with Crippen LogP contribution in [0.2, 0.25) is 0 Å². The summed E-state index contributed by atoms with van der Waals surface area (Å²) in [5.74, 6) is -1.08. The van der Waals surface area contributed by atoms with E-state index in [1.807, 2.05) is 13.8 Å². The minimum absolute atomic E-state index is 0.190. The van der Waals surface area contributed by atoms with Crippen molar-refractivity contribution in [3.8, 4) is 0 Å². The van der Waals surface area contributed by atoms with E-state index in [-0.39, 0.29) is 16.8 Å². The fourth-order valence-corrected chi connectivity index (χ4v) is 1.47. The number of ether oxygens (including phenoxy) is 2. The minimum Gasteiger partial charge on any atom is -0.462 e. The normalized spacial score (nSPS) is 9.65. The fourth-order valence-electron chi connectivity index (χ4n) is 1.47. The van der Waals surface area contributed by atoms with Crippen molar-refractivity contribution in [2.75, 3.05) is 13.2 Å². The van der Waals surface area contributed by atoms with Gasteiger partial charge in [0.1, 0.15) is 0 Å². The fraction of sp³-hybridized carbons (Fsp3) is 0.400. The van der Waals surface area contributed by atoms with Gasteiger partial charge < -0.3 is 9.47 Å². The molecule has 20 heavy (non-hydrogen) atoms. The van der Waals surface area contributed by atoms with Crippen LogP contribution in [0.1, 0.15) is 47.4 Å². The van der Waals surface area contributed by atoms with E-state index < -0.39 is 11.9 Å². The average Bonchev–Trinajstić information content (AvgIpc) is 2.49. The van der Waals surface area contributed by atoms with Crippen LogP contribution >= 0.6 is 0 Å². The summed E-state index contributed by atoms with van der Waals surface area (Å²) >= 11 is 0. The molecule has 1 rings (SSSR count). The van der Waals surface area contributed by atoms with Crippen LogP contribution in [0.15, 0.2) is 18.2 Å². The van der Waals surface area contributed by atoms with E-state index in [2.05, 4.69) is 4.85 Å². The van der Waals surface area contributed by atoms with Crippen LogP contribution in [0.25, 0.3) is 4.85 Å². The van der Waals surface area contributed by atoms with Gasteiger partial charge in [-0.2, -0.15) is 0 Å². The summed E-state index contributed by atoms with van der Waals surface area (Å²) in [6.07, 6.45) is 1.42. The van der Waals surface area contributed by atoms with Gasteiger partial charge in [0, 0.05) is 0 Å². The Morgan fingerprint density at radius 3 is 1.80 bits per heavy atom. The maximum atomic E-state index is 11.8. The Morgan fingerprint density at radius 1 is 1.00 bits per heavy atom. The number of hydrogen-bond acceptors (Lipinski definition) is 4. The molecule has 5 heteroatoms. The van der Waals surface area contributed by atoms with Gasteiger partial charge >= 0.3 is 11.9 Å². The molecule has 0 saturated heterocycles. The van der Waals surface area contributed by atoms with Crippen molar-refractivity contribution in [2.45, 2.75) is 26.7 Å². The quantitative estimate of drug-likeness (QED) is 0.590. The highest BCUT2D eigenvalue weighted by molar-refractivity contribution is 5.97. The maximum Gasteiger partial charge on any atom is 0.336 e. The van der Waals surface area contributed by atoms with Crippen LogP contribution in [-0.2, 0) is 9.47 Å². The zero-order chi connectivity index (χ0) is 15.0. The summed E-state index contributed by atoms with van der Waals surface area (Å²) in [6, 6.07) is 4.20. The minimum atomic E-state index is -0.540. The molecule has 0 aliphatic heterocycles. The predicted molar refractivity (Wildman–Crippen MR) is 73.9 cm³/mol. The van der Waals surface area contributed by atoms with Crippen LogP contribution in [0.4, 0.5) is 5.69 Å². The molecule has 5 nitrogen and oxygen atoms in total. The summed E-state index contributed by atoms with van der Waals surface area (Å²) in [7, 11) is 0. The van der Waals surface area contributed by atoms with Crippen molar-refractivity contribution in [2.24, 2.45) is 0 Å². The van der Waals surface area contributed by atoms with Gasteiger partial charge in [-0.15, -0.1) is 0 Å². The summed E-state index contributed by atoms with van der Waals surface area (Å²) < 4.78 is 10.00. The van der Waals surface area contributed by atoms with E-state index in [9.17, 15) is 9.59 Å². The number of rotatable bonds is 6. The smallest absolute Gasteiger partial charge is 0.336 e. The van der Waals surface area contributed by atoms with Crippen molar-refractivity contribution >= 4 is 17.6 Å². The molecule has 1 aromatic rings. The molecule has 0 fully saturated rings. The summed E-state index contributed by atoms with van der Waals surface area (Å²) in [4.78, 5) is 26.8. The first-order chi connectivity index (χ1) is 9.62. The SMILES string of the molecule is [C-]#[N+]c1cc(C(=O)OCCC)cc(C(=O)OCCC)c1. The van der Waals surface area contributed by atoms with Crippen molar-refractivity contribution in [1.29, 1.82) is 0 Å². The lowest BCUT2D eigenvalue weighted by molar-refractivity contribution is 0.0503. The molecule has 106 valence electrons. The highest BCUT2D eigenvalue weighted by Gasteiger charge is 2.14. The van der Waals surface area contributed by atoms with Crippen molar-refractivity contribution in [1.82, 2.24) is 0 Å². The van der Waals surface area contributed by atoms with E-state index in [4.69, 9.17) is 16.0 Å². The number of esters is 2. The topological polar surface area (TPSA) is 57.0 Å². The zero-order valence-corrected chi connectivity index (χ0v) is 11.6.